The molecule has 0 aromatic heterocycles. The number of aliphatic hydroxyl groups excluding tert-OH is 2. The molecule has 5 N–H and O–H groups in total. The molecule has 0 unspecified atom stereocenters. The lowest BCUT2D eigenvalue weighted by atomic mass is 9.42. The first kappa shape index (κ1) is 63.5. The van der Waals surface area contributed by atoms with E-state index in [-0.39, 0.29) is 31.8 Å². The molecule has 468 valence electrons. The number of carbonyl (C=O) groups excluding carboxylic acids is 2. The van der Waals surface area contributed by atoms with Gasteiger partial charge in [-0.2, -0.15) is 0 Å². The zero-order chi connectivity index (χ0) is 60.3. The summed E-state index contributed by atoms with van der Waals surface area (Å²) in [5.74, 6) is -1.89. The molecule has 2 aromatic carbocycles. The average molecular weight is 1180 g/mol. The molecule has 0 spiro atoms. The second-order valence-electron chi connectivity index (χ2n) is 25.3. The first-order chi connectivity index (χ1) is 40.0. The first-order valence-electron chi connectivity index (χ1n) is 30.1. The van der Waals surface area contributed by atoms with E-state index in [1.165, 1.54) is 7.11 Å². The predicted octanol–water partition coefficient (Wildman–Crippen LogP) is 5.46. The fraction of sp³-hybridized carbons (Fsp3) is 0.746. The number of methoxy groups -OCH3 is 4. The summed E-state index contributed by atoms with van der Waals surface area (Å²) in [7, 11) is 6.24. The van der Waals surface area contributed by atoms with Crippen LogP contribution in [0.15, 0.2) is 72.3 Å². The molecule has 10 rings (SSSR count). The van der Waals surface area contributed by atoms with Gasteiger partial charge in [0.15, 0.2) is 25.2 Å². The molecule has 4 heterocycles. The standard InChI is InChI=1S/C63H90O21/c1-33-50(64)55(74-11)51(65)58(78-33)84-54-36(4)77-49(31-44(54)73-10)83-53-35(3)76-48(30-43(53)72-9)82-52-34(2)75-47(29-42(52)71-8)80-41-23-24-59(6)40(28-41)22-25-62(69)45(59)32-46(81-57(67)39-20-16-13-17-21-39)60(7)61(68,26-27-63(60,62)70)37(5)79-56(66)38-18-14-12-15-19-38/h12-22,33-37,41-55,58,64-65,68-70H,23-32H2,1-11H3/t33-,34-,35-,36-,37+,41+,42+,43+,44-,45-,46-,47+,48+,49+,50+,51-,52-,53-,54-,55+,58+,59+,60-,61-,62+,63-/m1/s1. The first-order valence-corrected chi connectivity index (χ1v) is 30.1. The van der Waals surface area contributed by atoms with Gasteiger partial charge in [-0.3, -0.25) is 0 Å². The zero-order valence-electron chi connectivity index (χ0n) is 50.3. The van der Waals surface area contributed by atoms with E-state index in [1.807, 2.05) is 26.8 Å². The maximum atomic E-state index is 14.1. The normalized spacial score (nSPS) is 46.2. The second-order valence-corrected chi connectivity index (χ2v) is 25.3. The molecular formula is C63H90O21. The Bertz CT molecular complexity index is 2600. The number of ether oxygens (including phenoxy) is 14. The summed E-state index contributed by atoms with van der Waals surface area (Å²) < 4.78 is 87.5. The van der Waals surface area contributed by atoms with E-state index in [2.05, 4.69) is 6.92 Å². The number of fused-ring (bicyclic) bond motifs is 5. The van der Waals surface area contributed by atoms with Crippen molar-refractivity contribution < 1.29 is 101 Å². The van der Waals surface area contributed by atoms with Crippen molar-refractivity contribution >= 4 is 11.9 Å². The molecule has 84 heavy (non-hydrogen) atoms. The Balaban J connectivity index is 0.773. The van der Waals surface area contributed by atoms with Crippen LogP contribution in [0.2, 0.25) is 0 Å². The average Bonchev–Trinajstić information content (AvgIpc) is 1.79. The van der Waals surface area contributed by atoms with Gasteiger partial charge in [-0.1, -0.05) is 61.9 Å². The molecule has 26 atom stereocenters. The van der Waals surface area contributed by atoms with Gasteiger partial charge in [0.05, 0.1) is 65.4 Å². The van der Waals surface area contributed by atoms with Gasteiger partial charge in [0.25, 0.3) is 0 Å². The molecule has 21 nitrogen and oxygen atoms in total. The lowest BCUT2D eigenvalue weighted by molar-refractivity contribution is -0.356. The van der Waals surface area contributed by atoms with Gasteiger partial charge in [-0.05, 0) is 109 Å². The summed E-state index contributed by atoms with van der Waals surface area (Å²) in [6, 6.07) is 17.0. The molecule has 0 radical (unpaired) electrons. The van der Waals surface area contributed by atoms with Gasteiger partial charge < -0.3 is 91.8 Å². The van der Waals surface area contributed by atoms with Crippen molar-refractivity contribution in [1.82, 2.24) is 0 Å². The van der Waals surface area contributed by atoms with Crippen molar-refractivity contribution in [2.75, 3.05) is 28.4 Å². The zero-order valence-corrected chi connectivity index (χ0v) is 50.3. The van der Waals surface area contributed by atoms with Crippen LogP contribution in [0, 0.1) is 16.7 Å². The molecule has 4 aliphatic carbocycles. The van der Waals surface area contributed by atoms with E-state index in [0.717, 1.165) is 5.57 Å². The minimum Gasteiger partial charge on any atom is -0.458 e. The van der Waals surface area contributed by atoms with Crippen molar-refractivity contribution in [2.45, 2.75) is 252 Å². The highest BCUT2D eigenvalue weighted by atomic mass is 16.8. The molecule has 8 aliphatic rings. The predicted molar refractivity (Wildman–Crippen MR) is 298 cm³/mol. The third kappa shape index (κ3) is 11.3. The number of hydrogen-bond acceptors (Lipinski definition) is 21. The number of aliphatic hydroxyl groups is 5. The summed E-state index contributed by atoms with van der Waals surface area (Å²) >= 11 is 0. The lowest BCUT2D eigenvalue weighted by Crippen LogP contribution is -2.78. The Labute approximate surface area is 492 Å². The van der Waals surface area contributed by atoms with E-state index in [9.17, 15) is 35.1 Å². The monoisotopic (exact) mass is 1180 g/mol. The van der Waals surface area contributed by atoms with E-state index in [0.29, 0.717) is 49.7 Å². The highest BCUT2D eigenvalue weighted by molar-refractivity contribution is 5.90. The smallest absolute Gasteiger partial charge is 0.338 e. The maximum absolute atomic E-state index is 14.1. The summed E-state index contributed by atoms with van der Waals surface area (Å²) in [6.45, 7) is 12.7. The summed E-state index contributed by atoms with van der Waals surface area (Å²) in [5, 5.41) is 61.2. The van der Waals surface area contributed by atoms with E-state index in [4.69, 9.17) is 66.3 Å². The van der Waals surface area contributed by atoms with Crippen molar-refractivity contribution in [3.05, 3.63) is 83.4 Å². The van der Waals surface area contributed by atoms with Crippen LogP contribution in [0.1, 0.15) is 133 Å². The lowest BCUT2D eigenvalue weighted by Gasteiger charge is -2.67. The highest BCUT2D eigenvalue weighted by Gasteiger charge is 2.81. The Morgan fingerprint density at radius 3 is 1.63 bits per heavy atom. The number of benzene rings is 2. The van der Waals surface area contributed by atoms with Crippen molar-refractivity contribution in [3.63, 3.8) is 0 Å². The van der Waals surface area contributed by atoms with Crippen LogP contribution in [0.5, 0.6) is 0 Å². The van der Waals surface area contributed by atoms with E-state index in [1.54, 1.807) is 103 Å². The van der Waals surface area contributed by atoms with Crippen LogP contribution >= 0.6 is 0 Å². The highest BCUT2D eigenvalue weighted by Crippen LogP contribution is 2.71. The third-order valence-electron chi connectivity index (χ3n) is 20.9. The molecule has 21 heteroatoms. The van der Waals surface area contributed by atoms with Gasteiger partial charge in [0.2, 0.25) is 0 Å². The van der Waals surface area contributed by atoms with E-state index < -0.39 is 162 Å². The molecule has 0 amide bonds. The van der Waals surface area contributed by atoms with Gasteiger partial charge >= 0.3 is 11.9 Å². The van der Waals surface area contributed by atoms with Gasteiger partial charge in [-0.15, -0.1) is 0 Å². The number of rotatable bonds is 17. The fourth-order valence-electron chi connectivity index (χ4n) is 15.9. The Hall–Kier alpha value is -3.56. The number of esters is 2. The number of carbonyl (C=O) groups is 2. The molecule has 4 aliphatic heterocycles. The molecule has 3 saturated carbocycles. The summed E-state index contributed by atoms with van der Waals surface area (Å²) in [5.41, 5.74) is -6.42. The van der Waals surface area contributed by atoms with Crippen LogP contribution in [-0.4, -0.2) is 206 Å². The van der Waals surface area contributed by atoms with Crippen LogP contribution < -0.4 is 0 Å². The number of hydrogen-bond donors (Lipinski definition) is 5. The minimum absolute atomic E-state index is 0.0361. The van der Waals surface area contributed by atoms with Crippen LogP contribution in [0.4, 0.5) is 0 Å². The van der Waals surface area contributed by atoms with Crippen LogP contribution in [0.3, 0.4) is 0 Å². The van der Waals surface area contributed by atoms with Crippen molar-refractivity contribution in [2.24, 2.45) is 16.7 Å². The van der Waals surface area contributed by atoms with Crippen molar-refractivity contribution in [3.8, 4) is 0 Å². The van der Waals surface area contributed by atoms with Crippen LogP contribution in [0.25, 0.3) is 0 Å². The molecule has 2 aromatic rings. The fourth-order valence-corrected chi connectivity index (χ4v) is 15.9. The second kappa shape index (κ2) is 25.1. The molecular weight excluding hydrogens is 1090 g/mol. The van der Waals surface area contributed by atoms with E-state index >= 15 is 0 Å². The minimum atomic E-state index is -2.00. The summed E-state index contributed by atoms with van der Waals surface area (Å²) in [6.07, 6.45) is -9.36. The Kier molecular flexibility index (Phi) is 19.0. The molecule has 7 fully saturated rings. The van der Waals surface area contributed by atoms with Crippen molar-refractivity contribution in [1.29, 1.82) is 0 Å². The topological polar surface area (TPSA) is 265 Å². The molecule has 4 saturated heterocycles. The largest absolute Gasteiger partial charge is 0.458 e. The maximum Gasteiger partial charge on any atom is 0.338 e. The van der Waals surface area contributed by atoms with Gasteiger partial charge in [0.1, 0.15) is 65.6 Å². The quantitative estimate of drug-likeness (QED) is 0.0972. The summed E-state index contributed by atoms with van der Waals surface area (Å²) in [4.78, 5) is 27.6. The van der Waals surface area contributed by atoms with Crippen LogP contribution in [-0.2, 0) is 66.3 Å². The molecule has 0 bridgehead atoms. The SMILES string of the molecule is CO[C@H]1[C@@H](O)[C@@H](C)O[C@@H](O[C@@H]2[C@@H](C)O[C@@H](O[C@H]3[C@@H](OC)C[C@H](O[C@H]4[C@@H](OC)C[C@H](O[C@H]5CC[C@@]6(C)C(=CC[C@]7(O)[C@@H]6C[C@@H](OC(=O)c6ccccc6)[C@@]6(C)[C@]7(O)CC[C@@]6(O)[C@H](C)OC(=O)c6ccccc6)C5)O[C@@H]4C)O[C@@H]3C)C[C@H]2OC)[C@@H]1O. The Morgan fingerprint density at radius 1 is 0.595 bits per heavy atom. The Morgan fingerprint density at radius 2 is 1.11 bits per heavy atom. The third-order valence-corrected chi connectivity index (χ3v) is 20.9. The van der Waals surface area contributed by atoms with Gasteiger partial charge in [0, 0.05) is 53.6 Å². The van der Waals surface area contributed by atoms with Gasteiger partial charge in [-0.25, -0.2) is 9.59 Å².